The van der Waals surface area contributed by atoms with Crippen LogP contribution in [0.15, 0.2) is 21.9 Å². The van der Waals surface area contributed by atoms with Crippen molar-refractivity contribution in [2.24, 2.45) is 0 Å². The molecule has 0 aromatic carbocycles. The minimum atomic E-state index is -4.41. The summed E-state index contributed by atoms with van der Waals surface area (Å²) in [5, 5.41) is 7.40. The van der Waals surface area contributed by atoms with Crippen LogP contribution in [0.1, 0.15) is 16.2 Å². The fourth-order valence-electron chi connectivity index (χ4n) is 2.77. The first-order valence-corrected chi connectivity index (χ1v) is 9.04. The molecule has 1 fully saturated rings. The second kappa shape index (κ2) is 9.05. The summed E-state index contributed by atoms with van der Waals surface area (Å²) in [5.41, 5.74) is 0.0836. The largest absolute Gasteiger partial charge is 0.459 e. The number of halogens is 4. The molecule has 1 atom stereocenters. The second-order valence-electron chi connectivity index (χ2n) is 6.00. The molecular weight excluding hydrogens is 405 g/mol. The van der Waals surface area contributed by atoms with E-state index in [-0.39, 0.29) is 18.1 Å². The zero-order chi connectivity index (χ0) is 18.7. The summed E-state index contributed by atoms with van der Waals surface area (Å²) < 4.78 is 45.5. The molecule has 1 aliphatic rings. The average Bonchev–Trinajstić information content (AvgIpc) is 3.23. The normalized spacial score (nSPS) is 16.6. The second-order valence-corrected chi connectivity index (χ2v) is 6.86. The number of amides is 1. The summed E-state index contributed by atoms with van der Waals surface area (Å²) in [7, 11) is 0. The van der Waals surface area contributed by atoms with Crippen LogP contribution < -0.4 is 10.6 Å². The van der Waals surface area contributed by atoms with Gasteiger partial charge in [0.15, 0.2) is 10.8 Å². The number of hydrogen-bond acceptors (Lipinski definition) is 6. The number of aromatic nitrogens is 1. The van der Waals surface area contributed by atoms with Gasteiger partial charge in [0.1, 0.15) is 17.5 Å². The number of rotatable bonds is 5. The smallest absolute Gasteiger partial charge is 0.405 e. The molecule has 150 valence electrons. The number of furan rings is 1. The molecule has 0 aliphatic carbocycles. The molecule has 27 heavy (non-hydrogen) atoms. The molecule has 1 unspecified atom stereocenters. The first-order valence-electron chi connectivity index (χ1n) is 8.16. The van der Waals surface area contributed by atoms with Crippen LogP contribution in [-0.4, -0.2) is 60.7 Å². The third kappa shape index (κ3) is 5.44. The molecule has 1 amide bonds. The highest BCUT2D eigenvalue weighted by Gasteiger charge is 2.43. The van der Waals surface area contributed by atoms with Gasteiger partial charge in [-0.05, 0) is 19.1 Å². The first-order chi connectivity index (χ1) is 12.3. The van der Waals surface area contributed by atoms with Crippen LogP contribution in [0.5, 0.6) is 0 Å². The molecule has 11 heteroatoms. The van der Waals surface area contributed by atoms with E-state index in [1.807, 2.05) is 0 Å². The molecule has 3 heterocycles. The van der Waals surface area contributed by atoms with E-state index in [0.29, 0.717) is 42.7 Å². The molecule has 2 aromatic heterocycles. The molecule has 2 N–H and O–H groups in total. The van der Waals surface area contributed by atoms with Crippen LogP contribution in [-0.2, 0) is 0 Å². The minimum Gasteiger partial charge on any atom is -0.459 e. The van der Waals surface area contributed by atoms with Gasteiger partial charge in [-0.1, -0.05) is 0 Å². The SMILES string of the molecule is Cc1ccc(-c2nc(C(=O)NCC(N3CCNCC3)C(F)(F)F)cs2)o1.Cl. The van der Waals surface area contributed by atoms with E-state index >= 15 is 0 Å². The van der Waals surface area contributed by atoms with Crippen LogP contribution >= 0.6 is 23.7 Å². The van der Waals surface area contributed by atoms with Gasteiger partial charge < -0.3 is 15.1 Å². The van der Waals surface area contributed by atoms with E-state index in [9.17, 15) is 18.0 Å². The first kappa shape index (κ1) is 21.7. The molecule has 0 spiro atoms. The summed E-state index contributed by atoms with van der Waals surface area (Å²) in [4.78, 5) is 17.7. The van der Waals surface area contributed by atoms with Crippen molar-refractivity contribution in [1.82, 2.24) is 20.5 Å². The maximum absolute atomic E-state index is 13.3. The zero-order valence-electron chi connectivity index (χ0n) is 14.5. The van der Waals surface area contributed by atoms with Crippen molar-refractivity contribution in [3.8, 4) is 10.8 Å². The Hall–Kier alpha value is -1.62. The average molecular weight is 425 g/mol. The molecule has 3 rings (SSSR count). The number of alkyl halides is 3. The maximum Gasteiger partial charge on any atom is 0.405 e. The van der Waals surface area contributed by atoms with Crippen LogP contribution in [0.3, 0.4) is 0 Å². The number of carbonyl (C=O) groups excluding carboxylic acids is 1. The van der Waals surface area contributed by atoms with Crippen molar-refractivity contribution in [3.63, 3.8) is 0 Å². The fourth-order valence-corrected chi connectivity index (χ4v) is 3.53. The van der Waals surface area contributed by atoms with Crippen LogP contribution in [0.2, 0.25) is 0 Å². The van der Waals surface area contributed by atoms with Gasteiger partial charge in [0.2, 0.25) is 0 Å². The van der Waals surface area contributed by atoms with Gasteiger partial charge in [-0.15, -0.1) is 23.7 Å². The van der Waals surface area contributed by atoms with Crippen molar-refractivity contribution in [3.05, 3.63) is 29.0 Å². The Morgan fingerprint density at radius 3 is 2.70 bits per heavy atom. The third-order valence-corrected chi connectivity index (χ3v) is 4.97. The summed E-state index contributed by atoms with van der Waals surface area (Å²) in [6, 6.07) is 1.80. The lowest BCUT2D eigenvalue weighted by atomic mass is 10.2. The maximum atomic E-state index is 13.3. The number of piperazine rings is 1. The molecule has 6 nitrogen and oxygen atoms in total. The summed E-state index contributed by atoms with van der Waals surface area (Å²) in [6.07, 6.45) is -4.41. The van der Waals surface area contributed by atoms with Crippen LogP contribution in [0, 0.1) is 6.92 Å². The van der Waals surface area contributed by atoms with Gasteiger partial charge in [0, 0.05) is 38.1 Å². The lowest BCUT2D eigenvalue weighted by Gasteiger charge is -2.35. The Labute approximate surface area is 164 Å². The van der Waals surface area contributed by atoms with Gasteiger partial charge >= 0.3 is 6.18 Å². The van der Waals surface area contributed by atoms with Gasteiger partial charge in [-0.25, -0.2) is 4.98 Å². The Kier molecular flexibility index (Phi) is 7.26. The van der Waals surface area contributed by atoms with E-state index in [0.717, 1.165) is 0 Å². The molecular formula is C16H20ClF3N4O2S. The number of carbonyl (C=O) groups is 1. The van der Waals surface area contributed by atoms with Crippen molar-refractivity contribution in [1.29, 1.82) is 0 Å². The Morgan fingerprint density at radius 1 is 1.41 bits per heavy atom. The monoisotopic (exact) mass is 424 g/mol. The number of nitrogens with zero attached hydrogens (tertiary/aromatic N) is 2. The number of hydrogen-bond donors (Lipinski definition) is 2. The van der Waals surface area contributed by atoms with Gasteiger partial charge in [-0.3, -0.25) is 9.69 Å². The predicted octanol–water partition coefficient (Wildman–Crippen LogP) is 2.70. The quantitative estimate of drug-likeness (QED) is 0.772. The number of aryl methyl sites for hydroxylation is 1. The van der Waals surface area contributed by atoms with E-state index in [1.165, 1.54) is 21.6 Å². The number of nitrogens with one attached hydrogen (secondary N) is 2. The van der Waals surface area contributed by atoms with Gasteiger partial charge in [0.05, 0.1) is 0 Å². The Bertz CT molecular complexity index is 759. The summed E-state index contributed by atoms with van der Waals surface area (Å²) in [6.45, 7) is 2.86. The van der Waals surface area contributed by atoms with Crippen molar-refractivity contribution >= 4 is 29.7 Å². The predicted molar refractivity (Wildman–Crippen MR) is 98.4 cm³/mol. The van der Waals surface area contributed by atoms with E-state index in [2.05, 4.69) is 15.6 Å². The molecule has 0 saturated carbocycles. The lowest BCUT2D eigenvalue weighted by Crippen LogP contribution is -2.57. The van der Waals surface area contributed by atoms with Crippen LogP contribution in [0.25, 0.3) is 10.8 Å². The highest BCUT2D eigenvalue weighted by molar-refractivity contribution is 7.13. The standard InChI is InChI=1S/C16H19F3N4O2S.ClH/c1-10-2-3-12(25-10)15-22-11(9-26-15)14(24)21-8-13(16(17,18)19)23-6-4-20-5-7-23;/h2-3,9,13,20H,4-8H2,1H3,(H,21,24);1H. The number of thiazole rings is 1. The van der Waals surface area contributed by atoms with E-state index < -0.39 is 24.7 Å². The summed E-state index contributed by atoms with van der Waals surface area (Å²) in [5.74, 6) is 0.617. The third-order valence-electron chi connectivity index (χ3n) is 4.11. The van der Waals surface area contributed by atoms with Crippen LogP contribution in [0.4, 0.5) is 13.2 Å². The highest BCUT2D eigenvalue weighted by atomic mass is 35.5. The van der Waals surface area contributed by atoms with Crippen molar-refractivity contribution < 1.29 is 22.4 Å². The molecule has 1 aliphatic heterocycles. The Balaban J connectivity index is 0.00000261. The lowest BCUT2D eigenvalue weighted by molar-refractivity contribution is -0.183. The Morgan fingerprint density at radius 2 is 2.11 bits per heavy atom. The molecule has 0 radical (unpaired) electrons. The minimum absolute atomic E-state index is 0. The molecule has 2 aromatic rings. The fraction of sp³-hybridized carbons (Fsp3) is 0.500. The highest BCUT2D eigenvalue weighted by Crippen LogP contribution is 2.26. The molecule has 0 bridgehead atoms. The topological polar surface area (TPSA) is 70.4 Å². The van der Waals surface area contributed by atoms with Gasteiger partial charge in [-0.2, -0.15) is 13.2 Å². The van der Waals surface area contributed by atoms with Gasteiger partial charge in [0.25, 0.3) is 5.91 Å². The van der Waals surface area contributed by atoms with Crippen molar-refractivity contribution in [2.45, 2.75) is 19.1 Å². The van der Waals surface area contributed by atoms with E-state index in [1.54, 1.807) is 19.1 Å². The molecule has 1 saturated heterocycles. The van der Waals surface area contributed by atoms with Crippen molar-refractivity contribution in [2.75, 3.05) is 32.7 Å². The zero-order valence-corrected chi connectivity index (χ0v) is 16.1. The van der Waals surface area contributed by atoms with E-state index in [4.69, 9.17) is 4.42 Å². The summed E-state index contributed by atoms with van der Waals surface area (Å²) >= 11 is 1.21.